The minimum atomic E-state index is -4.88. The van der Waals surface area contributed by atoms with Crippen LogP contribution in [0.25, 0.3) is 0 Å². The van der Waals surface area contributed by atoms with Crippen molar-refractivity contribution in [2.45, 2.75) is 31.2 Å². The number of ether oxygens (including phenoxy) is 2. The average Bonchev–Trinajstić information content (AvgIpc) is 3.43. The summed E-state index contributed by atoms with van der Waals surface area (Å²) in [6.07, 6.45) is -3.86. The van der Waals surface area contributed by atoms with Crippen LogP contribution in [0.3, 0.4) is 0 Å². The van der Waals surface area contributed by atoms with Gasteiger partial charge >= 0.3 is 6.36 Å². The lowest BCUT2D eigenvalue weighted by Crippen LogP contribution is -2.42. The largest absolute Gasteiger partial charge is 0.573 e. The highest BCUT2D eigenvalue weighted by atomic mass is 32.1. The number of hydrogen-bond acceptors (Lipinski definition) is 6. The van der Waals surface area contributed by atoms with E-state index in [4.69, 9.17) is 4.74 Å². The van der Waals surface area contributed by atoms with Gasteiger partial charge in [-0.15, -0.1) is 24.5 Å². The maximum Gasteiger partial charge on any atom is 0.573 e. The molecule has 5 rings (SSSR count). The first-order chi connectivity index (χ1) is 18.3. The molecule has 0 saturated carbocycles. The second-order valence-electron chi connectivity index (χ2n) is 9.20. The molecule has 1 aromatic heterocycles. The number of benzene rings is 2. The molecule has 0 N–H and O–H groups in total. The van der Waals surface area contributed by atoms with Gasteiger partial charge in [0, 0.05) is 30.9 Å². The molecule has 3 heterocycles. The molecule has 0 aliphatic carbocycles. The number of likely N-dealkylation sites (tertiary alicyclic amines) is 1. The lowest BCUT2D eigenvalue weighted by molar-refractivity contribution is -0.274. The molecule has 2 aliphatic heterocycles. The predicted octanol–water partition coefficient (Wildman–Crippen LogP) is 5.28. The number of carbonyl (C=O) groups excluding carboxylic acids is 2. The van der Waals surface area contributed by atoms with E-state index in [0.717, 1.165) is 16.6 Å². The van der Waals surface area contributed by atoms with E-state index in [2.05, 4.69) is 9.72 Å². The summed E-state index contributed by atoms with van der Waals surface area (Å²) >= 11 is 1.42. The van der Waals surface area contributed by atoms with Gasteiger partial charge in [0.1, 0.15) is 17.5 Å². The fourth-order valence-corrected chi connectivity index (χ4v) is 5.76. The van der Waals surface area contributed by atoms with Crippen molar-refractivity contribution in [1.29, 1.82) is 0 Å². The number of amides is 2. The summed E-state index contributed by atoms with van der Waals surface area (Å²) in [4.78, 5) is 34.1. The summed E-state index contributed by atoms with van der Waals surface area (Å²) in [5, 5.41) is 2.60. The van der Waals surface area contributed by atoms with Crippen LogP contribution >= 0.6 is 11.3 Å². The summed E-state index contributed by atoms with van der Waals surface area (Å²) in [5.74, 6) is -1.08. The molecule has 38 heavy (non-hydrogen) atoms. The fraction of sp³-hybridized carbons (Fsp3) is 0.370. The molecule has 2 fully saturated rings. The van der Waals surface area contributed by atoms with Gasteiger partial charge < -0.3 is 19.3 Å². The third-order valence-electron chi connectivity index (χ3n) is 6.74. The first-order valence-electron chi connectivity index (χ1n) is 12.3. The van der Waals surface area contributed by atoms with Gasteiger partial charge in [0.2, 0.25) is 0 Å². The number of para-hydroxylation sites is 1. The zero-order valence-electron chi connectivity index (χ0n) is 20.4. The van der Waals surface area contributed by atoms with Crippen molar-refractivity contribution in [1.82, 2.24) is 14.8 Å². The molecule has 200 valence electrons. The van der Waals surface area contributed by atoms with Crippen LogP contribution in [0.5, 0.6) is 5.75 Å². The summed E-state index contributed by atoms with van der Waals surface area (Å²) < 4.78 is 48.2. The van der Waals surface area contributed by atoms with Crippen LogP contribution in [-0.2, 0) is 4.74 Å². The molecule has 1 atom stereocenters. The van der Waals surface area contributed by atoms with Crippen LogP contribution in [0, 0.1) is 0 Å². The van der Waals surface area contributed by atoms with E-state index in [1.54, 1.807) is 10.3 Å². The fourth-order valence-electron chi connectivity index (χ4n) is 4.80. The van der Waals surface area contributed by atoms with Gasteiger partial charge in [-0.05, 0) is 30.5 Å². The van der Waals surface area contributed by atoms with Gasteiger partial charge in [0.15, 0.2) is 0 Å². The topological polar surface area (TPSA) is 72.0 Å². The molecule has 0 bridgehead atoms. The SMILES string of the molecule is O=C(c1csc(C2CCN(C(=O)c3ccccc3OC(F)(F)F)CC2)n1)N1CCOC(c2ccccc2)C1. The molecule has 11 heteroatoms. The molecule has 1 unspecified atom stereocenters. The minimum absolute atomic E-state index is 0.0639. The highest BCUT2D eigenvalue weighted by Crippen LogP contribution is 2.33. The van der Waals surface area contributed by atoms with Gasteiger partial charge in [0.25, 0.3) is 11.8 Å². The zero-order chi connectivity index (χ0) is 26.7. The first kappa shape index (κ1) is 26.2. The van der Waals surface area contributed by atoms with E-state index in [1.807, 2.05) is 30.3 Å². The van der Waals surface area contributed by atoms with E-state index in [9.17, 15) is 22.8 Å². The van der Waals surface area contributed by atoms with Crippen molar-refractivity contribution in [3.05, 3.63) is 81.8 Å². The highest BCUT2D eigenvalue weighted by Gasteiger charge is 2.34. The number of rotatable bonds is 5. The first-order valence-corrected chi connectivity index (χ1v) is 13.2. The van der Waals surface area contributed by atoms with Gasteiger partial charge in [-0.3, -0.25) is 9.59 Å². The number of nitrogens with zero attached hydrogens (tertiary/aromatic N) is 3. The number of piperidine rings is 1. The van der Waals surface area contributed by atoms with E-state index in [0.29, 0.717) is 51.3 Å². The highest BCUT2D eigenvalue weighted by molar-refractivity contribution is 7.09. The van der Waals surface area contributed by atoms with Crippen molar-refractivity contribution in [3.63, 3.8) is 0 Å². The van der Waals surface area contributed by atoms with Crippen molar-refractivity contribution in [2.24, 2.45) is 0 Å². The number of morpholine rings is 1. The standard InChI is InChI=1S/C27H26F3N3O4S/c28-27(29,30)37-22-9-5-4-8-20(22)25(34)32-12-10-19(11-13-32)24-31-21(17-38-24)26(35)33-14-15-36-23(16-33)18-6-2-1-3-7-18/h1-9,17,19,23H,10-16H2. The Balaban J connectivity index is 1.19. The van der Waals surface area contributed by atoms with Crippen LogP contribution in [0.1, 0.15) is 56.3 Å². The number of carbonyl (C=O) groups is 2. The molecule has 7 nitrogen and oxygen atoms in total. The summed E-state index contributed by atoms with van der Waals surface area (Å²) in [5.41, 5.74) is 1.30. The summed E-state index contributed by atoms with van der Waals surface area (Å²) in [7, 11) is 0. The van der Waals surface area contributed by atoms with Crippen LogP contribution in [-0.4, -0.2) is 65.7 Å². The Labute approximate surface area is 221 Å². The van der Waals surface area contributed by atoms with Crippen LogP contribution < -0.4 is 4.74 Å². The maximum atomic E-state index is 13.2. The quantitative estimate of drug-likeness (QED) is 0.437. The second-order valence-corrected chi connectivity index (χ2v) is 10.1. The van der Waals surface area contributed by atoms with Gasteiger partial charge in [-0.25, -0.2) is 4.98 Å². The van der Waals surface area contributed by atoms with Crippen LogP contribution in [0.4, 0.5) is 13.2 Å². The third kappa shape index (κ3) is 5.99. The molecular formula is C27H26F3N3O4S. The Kier molecular flexibility index (Phi) is 7.66. The summed E-state index contributed by atoms with van der Waals surface area (Å²) in [6.45, 7) is 2.14. The minimum Gasteiger partial charge on any atom is -0.405 e. The maximum absolute atomic E-state index is 13.2. The Morgan fingerprint density at radius 1 is 0.947 bits per heavy atom. The molecule has 0 spiro atoms. The molecule has 2 amide bonds. The van der Waals surface area contributed by atoms with Crippen molar-refractivity contribution < 1.29 is 32.2 Å². The van der Waals surface area contributed by atoms with Gasteiger partial charge in [-0.2, -0.15) is 0 Å². The van der Waals surface area contributed by atoms with Crippen LogP contribution in [0.2, 0.25) is 0 Å². The van der Waals surface area contributed by atoms with Crippen molar-refractivity contribution >= 4 is 23.2 Å². The second kappa shape index (κ2) is 11.1. The zero-order valence-corrected chi connectivity index (χ0v) is 21.2. The lowest BCUT2D eigenvalue weighted by atomic mass is 9.97. The van der Waals surface area contributed by atoms with Crippen molar-refractivity contribution in [3.8, 4) is 5.75 Å². The van der Waals surface area contributed by atoms with E-state index in [1.165, 1.54) is 34.4 Å². The lowest BCUT2D eigenvalue weighted by Gasteiger charge is -2.33. The number of halogens is 3. The third-order valence-corrected chi connectivity index (χ3v) is 7.75. The predicted molar refractivity (Wildman–Crippen MR) is 134 cm³/mol. The Bertz CT molecular complexity index is 1280. The van der Waals surface area contributed by atoms with Crippen LogP contribution in [0.15, 0.2) is 60.0 Å². The molecule has 0 radical (unpaired) electrons. The van der Waals surface area contributed by atoms with E-state index < -0.39 is 18.0 Å². The summed E-state index contributed by atoms with van der Waals surface area (Å²) in [6, 6.07) is 15.2. The number of thiazole rings is 1. The smallest absolute Gasteiger partial charge is 0.405 e. The van der Waals surface area contributed by atoms with Crippen molar-refractivity contribution in [2.75, 3.05) is 32.8 Å². The number of aromatic nitrogens is 1. The van der Waals surface area contributed by atoms with Gasteiger partial charge in [0.05, 0.1) is 23.7 Å². The number of alkyl halides is 3. The van der Waals surface area contributed by atoms with Gasteiger partial charge in [-0.1, -0.05) is 42.5 Å². The van der Waals surface area contributed by atoms with E-state index >= 15 is 0 Å². The molecule has 2 aromatic carbocycles. The average molecular weight is 546 g/mol. The monoisotopic (exact) mass is 545 g/mol. The Morgan fingerprint density at radius 3 is 2.39 bits per heavy atom. The van der Waals surface area contributed by atoms with E-state index in [-0.39, 0.29) is 23.5 Å². The molecule has 2 saturated heterocycles. The number of hydrogen-bond donors (Lipinski definition) is 0. The molecule has 2 aliphatic rings. The Hall–Kier alpha value is -3.44. The molecule has 3 aromatic rings. The Morgan fingerprint density at radius 2 is 1.66 bits per heavy atom. The molecular weight excluding hydrogens is 519 g/mol. The normalized spacial score (nSPS) is 18.9.